The molecular weight excluding hydrogens is 272 g/mol. The Balaban J connectivity index is 2.18. The summed E-state index contributed by atoms with van der Waals surface area (Å²) in [5.74, 6) is 0.499. The molecule has 20 heavy (non-hydrogen) atoms. The van der Waals surface area contributed by atoms with E-state index in [1.54, 1.807) is 24.4 Å². The maximum atomic E-state index is 10.9. The van der Waals surface area contributed by atoms with Gasteiger partial charge in [0.25, 0.3) is 0 Å². The average Bonchev–Trinajstić information content (AvgIpc) is 2.41. The van der Waals surface area contributed by atoms with E-state index in [1.165, 1.54) is 6.92 Å². The highest BCUT2D eigenvalue weighted by atomic mass is 32.1. The molecule has 0 atom stereocenters. The number of pyridine rings is 1. The second kappa shape index (κ2) is 6.12. The van der Waals surface area contributed by atoms with Gasteiger partial charge in [0.05, 0.1) is 5.56 Å². The predicted molar refractivity (Wildman–Crippen MR) is 84.2 cm³/mol. The lowest BCUT2D eigenvalue weighted by atomic mass is 10.2. The van der Waals surface area contributed by atoms with E-state index in [4.69, 9.17) is 18.0 Å². The molecule has 2 rings (SSSR count). The van der Waals surface area contributed by atoms with Gasteiger partial charge in [-0.25, -0.2) is 4.98 Å². The molecule has 0 bridgehead atoms. The Kier molecular flexibility index (Phi) is 4.27. The molecule has 5 nitrogen and oxygen atoms in total. The number of nitrogens with one attached hydrogen (secondary N) is 2. The highest BCUT2D eigenvalue weighted by molar-refractivity contribution is 7.80. The lowest BCUT2D eigenvalue weighted by molar-refractivity contribution is -0.114. The summed E-state index contributed by atoms with van der Waals surface area (Å²) in [4.78, 5) is 15.4. The van der Waals surface area contributed by atoms with Gasteiger partial charge in [0.2, 0.25) is 5.91 Å². The lowest BCUT2D eigenvalue weighted by Crippen LogP contribution is -2.12. The molecule has 6 heteroatoms. The van der Waals surface area contributed by atoms with Gasteiger partial charge in [0.1, 0.15) is 10.8 Å². The molecule has 102 valence electrons. The van der Waals surface area contributed by atoms with E-state index in [9.17, 15) is 4.79 Å². The number of thiocarbonyl (C=S) groups is 1. The van der Waals surface area contributed by atoms with E-state index >= 15 is 0 Å². The van der Waals surface area contributed by atoms with E-state index in [0.29, 0.717) is 11.4 Å². The molecule has 0 unspecified atom stereocenters. The van der Waals surface area contributed by atoms with E-state index < -0.39 is 0 Å². The van der Waals surface area contributed by atoms with Crippen LogP contribution in [0.1, 0.15) is 12.5 Å². The molecule has 1 aromatic heterocycles. The Hall–Kier alpha value is -2.47. The van der Waals surface area contributed by atoms with Gasteiger partial charge >= 0.3 is 0 Å². The van der Waals surface area contributed by atoms with Crippen LogP contribution in [0.5, 0.6) is 0 Å². The maximum Gasteiger partial charge on any atom is 0.221 e. The third-order valence-corrected chi connectivity index (χ3v) is 2.76. The van der Waals surface area contributed by atoms with Crippen molar-refractivity contribution in [3.8, 4) is 0 Å². The number of nitrogens with zero attached hydrogens (tertiary/aromatic N) is 1. The molecule has 1 amide bonds. The molecule has 0 aliphatic carbocycles. The van der Waals surface area contributed by atoms with Crippen LogP contribution in [-0.4, -0.2) is 15.9 Å². The minimum Gasteiger partial charge on any atom is -0.389 e. The fraction of sp³-hybridized carbons (Fsp3) is 0.0714. The summed E-state index contributed by atoms with van der Waals surface area (Å²) in [5.41, 5.74) is 7.90. The molecule has 0 radical (unpaired) electrons. The zero-order valence-corrected chi connectivity index (χ0v) is 11.7. The van der Waals surface area contributed by atoms with Gasteiger partial charge < -0.3 is 16.4 Å². The first-order valence-corrected chi connectivity index (χ1v) is 6.36. The number of anilines is 3. The van der Waals surface area contributed by atoms with Crippen molar-refractivity contribution in [3.63, 3.8) is 0 Å². The van der Waals surface area contributed by atoms with E-state index in [0.717, 1.165) is 11.4 Å². The second-order valence-corrected chi connectivity index (χ2v) is 4.59. The van der Waals surface area contributed by atoms with E-state index in [-0.39, 0.29) is 10.9 Å². The molecule has 0 fully saturated rings. The molecule has 0 aliphatic rings. The van der Waals surface area contributed by atoms with Crippen molar-refractivity contribution in [1.82, 2.24) is 4.98 Å². The standard InChI is InChI=1S/C14H14N4OS/c1-9(19)17-10-4-6-11(7-5-10)18-14-12(13(15)20)3-2-8-16-14/h2-8H,1H3,(H2,15,20)(H,16,18)(H,17,19). The number of rotatable bonds is 4. The first-order chi connectivity index (χ1) is 9.56. The zero-order chi connectivity index (χ0) is 14.5. The topological polar surface area (TPSA) is 80.0 Å². The SMILES string of the molecule is CC(=O)Nc1ccc(Nc2ncccc2C(N)=S)cc1. The monoisotopic (exact) mass is 286 g/mol. The molecule has 1 heterocycles. The molecule has 0 saturated carbocycles. The Bertz CT molecular complexity index is 640. The first-order valence-electron chi connectivity index (χ1n) is 5.96. The fourth-order valence-corrected chi connectivity index (χ4v) is 1.85. The number of carbonyl (C=O) groups is 1. The van der Waals surface area contributed by atoms with Crippen LogP contribution in [0.4, 0.5) is 17.2 Å². The molecular formula is C14H14N4OS. The van der Waals surface area contributed by atoms with Crippen molar-refractivity contribution in [3.05, 3.63) is 48.2 Å². The van der Waals surface area contributed by atoms with Crippen molar-refractivity contribution >= 4 is 40.3 Å². The van der Waals surface area contributed by atoms with Crippen molar-refractivity contribution < 1.29 is 4.79 Å². The van der Waals surface area contributed by atoms with Crippen LogP contribution in [-0.2, 0) is 4.79 Å². The Morgan fingerprint density at radius 2 is 1.85 bits per heavy atom. The minimum atomic E-state index is -0.105. The number of benzene rings is 1. The van der Waals surface area contributed by atoms with Crippen LogP contribution < -0.4 is 16.4 Å². The summed E-state index contributed by atoms with van der Waals surface area (Å²) in [6, 6.07) is 10.9. The van der Waals surface area contributed by atoms with Gasteiger partial charge in [-0.1, -0.05) is 12.2 Å². The van der Waals surface area contributed by atoms with Gasteiger partial charge in [-0.2, -0.15) is 0 Å². The average molecular weight is 286 g/mol. The molecule has 0 aliphatic heterocycles. The van der Waals surface area contributed by atoms with Gasteiger partial charge in [0.15, 0.2) is 0 Å². The number of carbonyl (C=O) groups excluding carboxylic acids is 1. The van der Waals surface area contributed by atoms with Crippen LogP contribution >= 0.6 is 12.2 Å². The highest BCUT2D eigenvalue weighted by Crippen LogP contribution is 2.20. The third-order valence-electron chi connectivity index (χ3n) is 2.54. The van der Waals surface area contributed by atoms with Crippen LogP contribution in [0.25, 0.3) is 0 Å². The van der Waals surface area contributed by atoms with Gasteiger partial charge in [-0.05, 0) is 36.4 Å². The number of amides is 1. The first kappa shape index (κ1) is 14.0. The summed E-state index contributed by atoms with van der Waals surface area (Å²) < 4.78 is 0. The Morgan fingerprint density at radius 1 is 1.20 bits per heavy atom. The van der Waals surface area contributed by atoms with Crippen molar-refractivity contribution in [2.45, 2.75) is 6.92 Å². The maximum absolute atomic E-state index is 10.9. The quantitative estimate of drug-likeness (QED) is 0.752. The summed E-state index contributed by atoms with van der Waals surface area (Å²) in [6.45, 7) is 1.47. The Labute approximate surface area is 122 Å². The molecule has 4 N–H and O–H groups in total. The van der Waals surface area contributed by atoms with Crippen LogP contribution in [0.15, 0.2) is 42.6 Å². The fourth-order valence-electron chi connectivity index (χ4n) is 1.68. The molecule has 1 aromatic carbocycles. The highest BCUT2D eigenvalue weighted by Gasteiger charge is 2.06. The van der Waals surface area contributed by atoms with Crippen molar-refractivity contribution in [2.24, 2.45) is 5.73 Å². The minimum absolute atomic E-state index is 0.105. The number of aromatic nitrogens is 1. The molecule has 2 aromatic rings. The summed E-state index contributed by atoms with van der Waals surface area (Å²) in [6.07, 6.45) is 1.66. The number of hydrogen-bond donors (Lipinski definition) is 3. The van der Waals surface area contributed by atoms with Crippen LogP contribution in [0.2, 0.25) is 0 Å². The molecule has 0 saturated heterocycles. The van der Waals surface area contributed by atoms with Gasteiger partial charge in [-0.15, -0.1) is 0 Å². The van der Waals surface area contributed by atoms with Gasteiger partial charge in [0, 0.05) is 24.5 Å². The zero-order valence-electron chi connectivity index (χ0n) is 10.9. The van der Waals surface area contributed by atoms with Crippen molar-refractivity contribution in [2.75, 3.05) is 10.6 Å². The van der Waals surface area contributed by atoms with Crippen LogP contribution in [0.3, 0.4) is 0 Å². The second-order valence-electron chi connectivity index (χ2n) is 4.15. The Morgan fingerprint density at radius 3 is 2.45 bits per heavy atom. The van der Waals surface area contributed by atoms with Crippen molar-refractivity contribution in [1.29, 1.82) is 0 Å². The van der Waals surface area contributed by atoms with E-state index in [2.05, 4.69) is 15.6 Å². The third kappa shape index (κ3) is 3.52. The molecule has 0 spiro atoms. The van der Waals surface area contributed by atoms with Crippen LogP contribution in [0, 0.1) is 0 Å². The summed E-state index contributed by atoms with van der Waals surface area (Å²) in [7, 11) is 0. The lowest BCUT2D eigenvalue weighted by Gasteiger charge is -2.10. The predicted octanol–water partition coefficient (Wildman–Crippen LogP) is 2.42. The normalized spacial score (nSPS) is 9.85. The summed E-state index contributed by atoms with van der Waals surface area (Å²) >= 11 is 4.98. The van der Waals surface area contributed by atoms with E-state index in [1.807, 2.05) is 18.2 Å². The number of nitrogens with two attached hydrogens (primary N) is 1. The summed E-state index contributed by atoms with van der Waals surface area (Å²) in [5, 5.41) is 5.85. The smallest absolute Gasteiger partial charge is 0.221 e. The largest absolute Gasteiger partial charge is 0.389 e. The van der Waals surface area contributed by atoms with Gasteiger partial charge in [-0.3, -0.25) is 4.79 Å². The number of hydrogen-bond acceptors (Lipinski definition) is 4.